The molecule has 2 aromatic rings. The molecule has 2 rings (SSSR count). The summed E-state index contributed by atoms with van der Waals surface area (Å²) >= 11 is 0. The van der Waals surface area contributed by atoms with Gasteiger partial charge in [0.1, 0.15) is 5.65 Å². The van der Waals surface area contributed by atoms with Crippen LogP contribution in [0.2, 0.25) is 0 Å². The van der Waals surface area contributed by atoms with Gasteiger partial charge in [0.2, 0.25) is 0 Å². The normalized spacial score (nSPS) is 11.9. The molecule has 16 heavy (non-hydrogen) atoms. The minimum Gasteiger partial charge on any atom is -0.291 e. The van der Waals surface area contributed by atoms with E-state index in [1.165, 1.54) is 4.57 Å². The van der Waals surface area contributed by atoms with Gasteiger partial charge in [0.25, 0.3) is 5.56 Å². The van der Waals surface area contributed by atoms with Crippen molar-refractivity contribution in [2.45, 2.75) is 26.3 Å². The van der Waals surface area contributed by atoms with Crippen molar-refractivity contribution in [3.63, 3.8) is 0 Å². The number of hydrogen-bond donors (Lipinski definition) is 1. The van der Waals surface area contributed by atoms with E-state index in [9.17, 15) is 9.59 Å². The third-order valence-electron chi connectivity index (χ3n) is 2.34. The van der Waals surface area contributed by atoms with Gasteiger partial charge in [-0.2, -0.15) is 0 Å². The van der Waals surface area contributed by atoms with E-state index in [4.69, 9.17) is 0 Å². The van der Waals surface area contributed by atoms with Crippen LogP contribution in [0.5, 0.6) is 0 Å². The Balaban J connectivity index is 2.99. The van der Waals surface area contributed by atoms with Gasteiger partial charge in [-0.3, -0.25) is 14.3 Å². The van der Waals surface area contributed by atoms with Gasteiger partial charge in [0.05, 0.1) is 5.39 Å². The lowest BCUT2D eigenvalue weighted by Crippen LogP contribution is -2.44. The molecular formula is C11H13N3O2. The average Bonchev–Trinajstić information content (AvgIpc) is 2.15. The van der Waals surface area contributed by atoms with Crippen LogP contribution in [0.25, 0.3) is 11.0 Å². The molecule has 0 aliphatic heterocycles. The molecule has 0 atom stereocenters. The summed E-state index contributed by atoms with van der Waals surface area (Å²) in [5, 5.41) is 0.428. The van der Waals surface area contributed by atoms with Gasteiger partial charge in [-0.15, -0.1) is 0 Å². The Morgan fingerprint density at radius 2 is 2.00 bits per heavy atom. The average molecular weight is 219 g/mol. The van der Waals surface area contributed by atoms with Crippen LogP contribution in [-0.4, -0.2) is 14.5 Å². The molecule has 1 N–H and O–H groups in total. The second-order valence-corrected chi connectivity index (χ2v) is 4.64. The summed E-state index contributed by atoms with van der Waals surface area (Å²) in [5.41, 5.74) is -0.949. The van der Waals surface area contributed by atoms with E-state index < -0.39 is 11.2 Å². The summed E-state index contributed by atoms with van der Waals surface area (Å²) in [5.74, 6) is 0. The maximum atomic E-state index is 12.1. The Bertz CT molecular complexity index is 647. The van der Waals surface area contributed by atoms with Gasteiger partial charge in [-0.05, 0) is 32.9 Å². The van der Waals surface area contributed by atoms with Crippen molar-refractivity contribution in [1.29, 1.82) is 0 Å². The lowest BCUT2D eigenvalue weighted by Gasteiger charge is -2.20. The van der Waals surface area contributed by atoms with Crippen LogP contribution in [0.1, 0.15) is 20.8 Å². The van der Waals surface area contributed by atoms with Gasteiger partial charge in [-0.25, -0.2) is 9.78 Å². The maximum absolute atomic E-state index is 12.1. The smallest absolute Gasteiger partial charge is 0.291 e. The summed E-state index contributed by atoms with van der Waals surface area (Å²) in [6.45, 7) is 5.43. The second-order valence-electron chi connectivity index (χ2n) is 4.64. The third-order valence-corrected chi connectivity index (χ3v) is 2.34. The van der Waals surface area contributed by atoms with E-state index in [1.807, 2.05) is 20.8 Å². The summed E-state index contributed by atoms with van der Waals surface area (Å²) in [4.78, 5) is 30.4. The van der Waals surface area contributed by atoms with Crippen molar-refractivity contribution in [3.8, 4) is 0 Å². The summed E-state index contributed by atoms with van der Waals surface area (Å²) in [7, 11) is 0. The van der Waals surface area contributed by atoms with Gasteiger partial charge < -0.3 is 0 Å². The SMILES string of the molecule is CC(C)(C)n1c(=O)[nH]c2ncccc2c1=O. The van der Waals surface area contributed by atoms with E-state index in [-0.39, 0.29) is 5.56 Å². The van der Waals surface area contributed by atoms with E-state index in [0.717, 1.165) is 0 Å². The molecule has 5 heteroatoms. The largest absolute Gasteiger partial charge is 0.330 e. The van der Waals surface area contributed by atoms with Crippen LogP contribution in [0.4, 0.5) is 0 Å². The maximum Gasteiger partial charge on any atom is 0.330 e. The van der Waals surface area contributed by atoms with Crippen LogP contribution in [0.3, 0.4) is 0 Å². The number of pyridine rings is 1. The highest BCUT2D eigenvalue weighted by Crippen LogP contribution is 2.09. The number of aromatic nitrogens is 3. The monoisotopic (exact) mass is 219 g/mol. The van der Waals surface area contributed by atoms with Gasteiger partial charge in [0.15, 0.2) is 0 Å². The molecule has 2 heterocycles. The van der Waals surface area contributed by atoms with Gasteiger partial charge in [0, 0.05) is 11.7 Å². The number of H-pyrrole nitrogens is 1. The molecule has 84 valence electrons. The quantitative estimate of drug-likeness (QED) is 0.714. The fourth-order valence-electron chi connectivity index (χ4n) is 1.66. The van der Waals surface area contributed by atoms with Gasteiger partial charge in [-0.1, -0.05) is 0 Å². The molecule has 0 radical (unpaired) electrons. The highest BCUT2D eigenvalue weighted by atomic mass is 16.2. The van der Waals surface area contributed by atoms with Crippen molar-refractivity contribution in [2.75, 3.05) is 0 Å². The van der Waals surface area contributed by atoms with Gasteiger partial charge >= 0.3 is 5.69 Å². The number of nitrogens with one attached hydrogen (secondary N) is 1. The van der Waals surface area contributed by atoms with Crippen molar-refractivity contribution >= 4 is 11.0 Å². The van der Waals surface area contributed by atoms with Crippen LogP contribution in [0, 0.1) is 0 Å². The first-order valence-electron chi connectivity index (χ1n) is 5.02. The summed E-state index contributed by atoms with van der Waals surface area (Å²) in [6.07, 6.45) is 1.54. The van der Waals surface area contributed by atoms with Crippen LogP contribution < -0.4 is 11.2 Å². The Morgan fingerprint density at radius 3 is 2.62 bits per heavy atom. The molecule has 0 saturated carbocycles. The topological polar surface area (TPSA) is 67.8 Å². The van der Waals surface area contributed by atoms with Crippen LogP contribution in [0.15, 0.2) is 27.9 Å². The predicted molar refractivity (Wildman–Crippen MR) is 61.6 cm³/mol. The lowest BCUT2D eigenvalue weighted by molar-refractivity contribution is 0.369. The first-order chi connectivity index (χ1) is 7.41. The fourth-order valence-corrected chi connectivity index (χ4v) is 1.66. The molecule has 0 aliphatic rings. The van der Waals surface area contributed by atoms with E-state index >= 15 is 0 Å². The number of rotatable bonds is 0. The highest BCUT2D eigenvalue weighted by Gasteiger charge is 2.19. The summed E-state index contributed by atoms with van der Waals surface area (Å²) in [6, 6.07) is 3.33. The molecular weight excluding hydrogens is 206 g/mol. The highest BCUT2D eigenvalue weighted by molar-refractivity contribution is 5.72. The minimum absolute atomic E-state index is 0.306. The number of nitrogens with zero attached hydrogens (tertiary/aromatic N) is 2. The van der Waals surface area contributed by atoms with E-state index in [1.54, 1.807) is 18.3 Å². The standard InChI is InChI=1S/C11H13N3O2/c1-11(2,3)14-9(15)7-5-4-6-12-8(7)13-10(14)16/h4-6H,1-3H3,(H,12,13,16). The first kappa shape index (κ1) is 10.6. The number of fused-ring (bicyclic) bond motifs is 1. The molecule has 0 aliphatic carbocycles. The second kappa shape index (κ2) is 3.30. The molecule has 0 aromatic carbocycles. The zero-order valence-corrected chi connectivity index (χ0v) is 9.44. The third kappa shape index (κ3) is 1.54. The van der Waals surface area contributed by atoms with Crippen molar-refractivity contribution in [3.05, 3.63) is 39.2 Å². The molecule has 0 unspecified atom stereocenters. The predicted octanol–water partition coefficient (Wildman–Crippen LogP) is 0.840. The Kier molecular flexibility index (Phi) is 2.18. The molecule has 0 amide bonds. The molecule has 2 aromatic heterocycles. The number of aromatic amines is 1. The van der Waals surface area contributed by atoms with E-state index in [0.29, 0.717) is 11.0 Å². The zero-order valence-electron chi connectivity index (χ0n) is 9.44. The van der Waals surface area contributed by atoms with E-state index in [2.05, 4.69) is 9.97 Å². The van der Waals surface area contributed by atoms with Crippen molar-refractivity contribution in [1.82, 2.24) is 14.5 Å². The first-order valence-corrected chi connectivity index (χ1v) is 5.02. The number of hydrogen-bond acceptors (Lipinski definition) is 3. The molecule has 0 saturated heterocycles. The zero-order chi connectivity index (χ0) is 11.9. The molecule has 0 spiro atoms. The Morgan fingerprint density at radius 1 is 1.31 bits per heavy atom. The summed E-state index contributed by atoms with van der Waals surface area (Å²) < 4.78 is 1.21. The van der Waals surface area contributed by atoms with Crippen LogP contribution in [-0.2, 0) is 5.54 Å². The molecule has 0 fully saturated rings. The minimum atomic E-state index is -0.547. The van der Waals surface area contributed by atoms with Crippen LogP contribution >= 0.6 is 0 Å². The fraction of sp³-hybridized carbons (Fsp3) is 0.364. The van der Waals surface area contributed by atoms with Crippen molar-refractivity contribution < 1.29 is 0 Å². The molecule has 0 bridgehead atoms. The molecule has 5 nitrogen and oxygen atoms in total. The van der Waals surface area contributed by atoms with Crippen molar-refractivity contribution in [2.24, 2.45) is 0 Å². The Labute approximate surface area is 91.8 Å². The Hall–Kier alpha value is -1.91. The lowest BCUT2D eigenvalue weighted by atomic mass is 10.1.